The first-order valence-corrected chi connectivity index (χ1v) is 10.5. The summed E-state index contributed by atoms with van der Waals surface area (Å²) in [6.07, 6.45) is 2.69. The summed E-state index contributed by atoms with van der Waals surface area (Å²) in [5.41, 5.74) is 0.266. The number of ether oxygens (including phenoxy) is 1. The molecule has 2 rings (SSSR count). The van der Waals surface area contributed by atoms with Crippen molar-refractivity contribution in [2.45, 2.75) is 19.4 Å². The lowest BCUT2D eigenvalue weighted by atomic mass is 10.1. The fourth-order valence-electron chi connectivity index (χ4n) is 2.71. The van der Waals surface area contributed by atoms with Crippen LogP contribution in [-0.2, 0) is 14.8 Å². The minimum absolute atomic E-state index is 0.153. The van der Waals surface area contributed by atoms with Gasteiger partial charge in [-0.15, -0.1) is 0 Å². The maximum Gasteiger partial charge on any atom is 0.248 e. The van der Waals surface area contributed by atoms with Crippen molar-refractivity contribution in [3.05, 3.63) is 67.0 Å². The van der Waals surface area contributed by atoms with Gasteiger partial charge >= 0.3 is 0 Å². The molecule has 0 saturated heterocycles. The Hall–Kier alpha value is -2.87. The first kappa shape index (κ1) is 21.4. The van der Waals surface area contributed by atoms with E-state index in [0.29, 0.717) is 18.0 Å². The molecule has 2 aromatic rings. The van der Waals surface area contributed by atoms with Crippen LogP contribution < -0.4 is 14.4 Å². The summed E-state index contributed by atoms with van der Waals surface area (Å²) in [5, 5.41) is 2.68. The number of sulfonamides is 1. The van der Waals surface area contributed by atoms with Crippen molar-refractivity contribution in [2.75, 3.05) is 22.5 Å². The molecule has 1 N–H and O–H groups in total. The maximum atomic E-state index is 14.3. The average molecular weight is 406 g/mol. The number of halogens is 1. The van der Waals surface area contributed by atoms with Crippen molar-refractivity contribution >= 4 is 27.3 Å². The fourth-order valence-corrected chi connectivity index (χ4v) is 3.92. The topological polar surface area (TPSA) is 75.7 Å². The molecule has 0 aliphatic carbocycles. The molecule has 28 heavy (non-hydrogen) atoms. The lowest BCUT2D eigenvalue weighted by Crippen LogP contribution is -2.47. The van der Waals surface area contributed by atoms with E-state index in [1.165, 1.54) is 18.2 Å². The van der Waals surface area contributed by atoms with Gasteiger partial charge in [-0.1, -0.05) is 37.8 Å². The number of benzene rings is 2. The number of hydrogen-bond acceptors (Lipinski definition) is 4. The van der Waals surface area contributed by atoms with Crippen molar-refractivity contribution in [1.82, 2.24) is 0 Å². The van der Waals surface area contributed by atoms with E-state index in [2.05, 4.69) is 11.9 Å². The summed E-state index contributed by atoms with van der Waals surface area (Å²) < 4.78 is 45.2. The first-order chi connectivity index (χ1) is 13.3. The van der Waals surface area contributed by atoms with Crippen LogP contribution in [0.1, 0.15) is 13.3 Å². The summed E-state index contributed by atoms with van der Waals surface area (Å²) in [5.74, 6) is -0.768. The van der Waals surface area contributed by atoms with E-state index in [1.54, 1.807) is 37.3 Å². The monoisotopic (exact) mass is 406 g/mol. The highest BCUT2D eigenvalue weighted by molar-refractivity contribution is 7.92. The lowest BCUT2D eigenvalue weighted by Gasteiger charge is -2.30. The van der Waals surface area contributed by atoms with Crippen LogP contribution in [0.25, 0.3) is 0 Å². The van der Waals surface area contributed by atoms with Crippen molar-refractivity contribution in [3.63, 3.8) is 0 Å². The number of amides is 1. The number of carbonyl (C=O) groups excluding carboxylic acids is 1. The summed E-state index contributed by atoms with van der Waals surface area (Å²) in [4.78, 5) is 12.8. The molecule has 0 aliphatic rings. The highest BCUT2D eigenvalue weighted by atomic mass is 32.2. The van der Waals surface area contributed by atoms with Crippen LogP contribution in [0.15, 0.2) is 61.2 Å². The van der Waals surface area contributed by atoms with Crippen molar-refractivity contribution in [3.8, 4) is 5.75 Å². The van der Waals surface area contributed by atoms with Gasteiger partial charge in [0.15, 0.2) is 0 Å². The van der Waals surface area contributed by atoms with E-state index in [0.717, 1.165) is 16.6 Å². The lowest BCUT2D eigenvalue weighted by molar-refractivity contribution is -0.117. The summed E-state index contributed by atoms with van der Waals surface area (Å²) in [7, 11) is -3.91. The third kappa shape index (κ3) is 5.32. The Bertz CT molecular complexity index is 947. The molecule has 0 aromatic heterocycles. The number of rotatable bonds is 9. The molecule has 0 spiro atoms. The van der Waals surface area contributed by atoms with E-state index in [4.69, 9.17) is 4.74 Å². The Morgan fingerprint density at radius 2 is 2.00 bits per heavy atom. The van der Waals surface area contributed by atoms with Crippen LogP contribution in [0, 0.1) is 5.82 Å². The second-order valence-corrected chi connectivity index (χ2v) is 7.91. The molecule has 1 amide bonds. The largest absolute Gasteiger partial charge is 0.489 e. The Labute approximate surface area is 164 Å². The van der Waals surface area contributed by atoms with Crippen molar-refractivity contribution in [1.29, 1.82) is 0 Å². The Morgan fingerprint density at radius 1 is 1.29 bits per heavy atom. The van der Waals surface area contributed by atoms with Crippen LogP contribution in [0.5, 0.6) is 5.75 Å². The Balaban J connectivity index is 2.32. The van der Waals surface area contributed by atoms with E-state index in [1.807, 2.05) is 0 Å². The first-order valence-electron chi connectivity index (χ1n) is 8.66. The molecule has 150 valence electrons. The summed E-state index contributed by atoms with van der Waals surface area (Å²) >= 11 is 0. The molecule has 6 nitrogen and oxygen atoms in total. The van der Waals surface area contributed by atoms with Gasteiger partial charge in [0, 0.05) is 11.8 Å². The summed E-state index contributed by atoms with van der Waals surface area (Å²) in [6.45, 7) is 5.54. The highest BCUT2D eigenvalue weighted by Gasteiger charge is 2.33. The number of carbonyl (C=O) groups is 1. The standard InChI is InChI=1S/C20H23FN2O4S/c1-4-13-27-16-10-8-9-15(14-16)22-20(24)18(5-2)23(28(3,25)26)19-12-7-6-11-17(19)21/h4,6-12,14,18H,1,5,13H2,2-3H3,(H,22,24)/t18-/m0/s1. The number of hydrogen-bond donors (Lipinski definition) is 1. The van der Waals surface area contributed by atoms with Crippen LogP contribution >= 0.6 is 0 Å². The van der Waals surface area contributed by atoms with E-state index < -0.39 is 27.8 Å². The molecule has 0 bridgehead atoms. The molecular formula is C20H23FN2O4S. The molecule has 0 fully saturated rings. The molecule has 0 radical (unpaired) electrons. The van der Waals surface area contributed by atoms with Crippen molar-refractivity contribution in [2.24, 2.45) is 0 Å². The molecule has 1 atom stereocenters. The maximum absolute atomic E-state index is 14.3. The van der Waals surface area contributed by atoms with Gasteiger partial charge in [0.1, 0.15) is 24.2 Å². The number of para-hydroxylation sites is 1. The van der Waals surface area contributed by atoms with Gasteiger partial charge in [-0.2, -0.15) is 0 Å². The normalized spacial score (nSPS) is 12.1. The predicted octanol–water partition coefficient (Wildman–Crippen LogP) is 3.57. The van der Waals surface area contributed by atoms with E-state index >= 15 is 0 Å². The van der Waals surface area contributed by atoms with Crippen LogP contribution in [0.2, 0.25) is 0 Å². The third-order valence-corrected chi connectivity index (χ3v) is 5.05. The van der Waals surface area contributed by atoms with E-state index in [9.17, 15) is 17.6 Å². The third-order valence-electron chi connectivity index (χ3n) is 3.89. The highest BCUT2D eigenvalue weighted by Crippen LogP contribution is 2.26. The van der Waals surface area contributed by atoms with Gasteiger partial charge in [0.05, 0.1) is 11.9 Å². The zero-order valence-electron chi connectivity index (χ0n) is 15.8. The minimum Gasteiger partial charge on any atom is -0.489 e. The molecule has 0 unspecified atom stereocenters. The molecule has 0 aliphatic heterocycles. The minimum atomic E-state index is -3.91. The number of nitrogens with one attached hydrogen (secondary N) is 1. The quantitative estimate of drug-likeness (QED) is 0.646. The number of anilines is 2. The molecule has 0 saturated carbocycles. The SMILES string of the molecule is C=CCOc1cccc(NC(=O)[C@H](CC)N(c2ccccc2F)S(C)(=O)=O)c1. The van der Waals surface area contributed by atoms with Gasteiger partial charge < -0.3 is 10.1 Å². The smallest absolute Gasteiger partial charge is 0.248 e. The zero-order chi connectivity index (χ0) is 20.7. The second-order valence-electron chi connectivity index (χ2n) is 6.05. The van der Waals surface area contributed by atoms with Gasteiger partial charge in [0.25, 0.3) is 0 Å². The Morgan fingerprint density at radius 3 is 2.61 bits per heavy atom. The molecular weight excluding hydrogens is 383 g/mol. The Kier molecular flexibility index (Phi) is 7.17. The van der Waals surface area contributed by atoms with Crippen LogP contribution in [-0.4, -0.2) is 33.2 Å². The number of nitrogens with zero attached hydrogens (tertiary/aromatic N) is 1. The van der Waals surface area contributed by atoms with Gasteiger partial charge in [-0.3, -0.25) is 9.10 Å². The molecule has 2 aromatic carbocycles. The fraction of sp³-hybridized carbons (Fsp3) is 0.250. The average Bonchev–Trinajstić information content (AvgIpc) is 2.64. The summed E-state index contributed by atoms with van der Waals surface area (Å²) in [6, 6.07) is 11.0. The second kappa shape index (κ2) is 9.36. The zero-order valence-corrected chi connectivity index (χ0v) is 16.6. The van der Waals surface area contributed by atoms with Gasteiger partial charge in [-0.05, 0) is 30.7 Å². The predicted molar refractivity (Wildman–Crippen MR) is 109 cm³/mol. The van der Waals surface area contributed by atoms with Gasteiger partial charge in [0.2, 0.25) is 15.9 Å². The molecule has 8 heteroatoms. The van der Waals surface area contributed by atoms with Crippen LogP contribution in [0.4, 0.5) is 15.8 Å². The molecule has 0 heterocycles. The van der Waals surface area contributed by atoms with Gasteiger partial charge in [-0.25, -0.2) is 12.8 Å². The van der Waals surface area contributed by atoms with E-state index in [-0.39, 0.29) is 12.1 Å². The van der Waals surface area contributed by atoms with Crippen molar-refractivity contribution < 1.29 is 22.3 Å². The van der Waals surface area contributed by atoms with Crippen LogP contribution in [0.3, 0.4) is 0 Å².